The highest BCUT2D eigenvalue weighted by Crippen LogP contribution is 2.51. The molecule has 5 heteroatoms. The summed E-state index contributed by atoms with van der Waals surface area (Å²) in [4.78, 5) is 27.7. The Hall–Kier alpha value is -1.88. The first-order valence-electron chi connectivity index (χ1n) is 8.14. The monoisotopic (exact) mass is 317 g/mol. The molecule has 1 saturated heterocycles. The third-order valence-electron chi connectivity index (χ3n) is 5.14. The smallest absolute Gasteiger partial charge is 0.325 e. The Balaban J connectivity index is 2.13. The van der Waals surface area contributed by atoms with E-state index in [1.54, 1.807) is 0 Å². The average molecular weight is 317 g/mol. The van der Waals surface area contributed by atoms with E-state index in [0.29, 0.717) is 6.42 Å². The fourth-order valence-electron chi connectivity index (χ4n) is 4.12. The van der Waals surface area contributed by atoms with Crippen molar-refractivity contribution in [2.24, 2.45) is 5.41 Å². The van der Waals surface area contributed by atoms with Crippen LogP contribution in [-0.4, -0.2) is 44.1 Å². The molecule has 0 saturated carbocycles. The fourth-order valence-corrected chi connectivity index (χ4v) is 4.12. The van der Waals surface area contributed by atoms with E-state index in [0.717, 1.165) is 37.1 Å². The van der Waals surface area contributed by atoms with Crippen LogP contribution >= 0.6 is 0 Å². The Morgan fingerprint density at radius 3 is 2.26 bits per heavy atom. The average Bonchev–Trinajstić information content (AvgIpc) is 2.97. The number of likely N-dealkylation sites (tertiary alicyclic amines) is 1. The van der Waals surface area contributed by atoms with Crippen LogP contribution in [-0.2, 0) is 25.5 Å². The van der Waals surface area contributed by atoms with Crippen LogP contribution in [0.1, 0.15) is 36.4 Å². The second kappa shape index (κ2) is 6.32. The van der Waals surface area contributed by atoms with Crippen LogP contribution in [0.3, 0.4) is 0 Å². The minimum Gasteiger partial charge on any atom is -0.468 e. The predicted octanol–water partition coefficient (Wildman–Crippen LogP) is 2.10. The number of esters is 2. The highest BCUT2D eigenvalue weighted by molar-refractivity contribution is 6.02. The molecule has 0 spiro atoms. The van der Waals surface area contributed by atoms with Crippen molar-refractivity contribution in [2.75, 3.05) is 27.3 Å². The third-order valence-corrected chi connectivity index (χ3v) is 5.14. The van der Waals surface area contributed by atoms with E-state index in [1.165, 1.54) is 20.6 Å². The molecule has 23 heavy (non-hydrogen) atoms. The zero-order valence-electron chi connectivity index (χ0n) is 13.7. The normalized spacial score (nSPS) is 23.1. The summed E-state index contributed by atoms with van der Waals surface area (Å²) in [6.07, 6.45) is 3.69. The number of carbonyl (C=O) groups is 2. The van der Waals surface area contributed by atoms with Crippen molar-refractivity contribution in [3.05, 3.63) is 35.4 Å². The number of nitrogens with zero attached hydrogens (tertiary/aromatic N) is 1. The maximum atomic E-state index is 12.7. The number of rotatable bonds is 3. The van der Waals surface area contributed by atoms with Crippen molar-refractivity contribution in [3.63, 3.8) is 0 Å². The molecule has 1 aliphatic heterocycles. The van der Waals surface area contributed by atoms with E-state index in [1.807, 2.05) is 24.3 Å². The predicted molar refractivity (Wildman–Crippen MR) is 84.8 cm³/mol. The van der Waals surface area contributed by atoms with Gasteiger partial charge in [-0.15, -0.1) is 0 Å². The SMILES string of the molecule is COC(=O)C1(C(=O)OC)Cc2ccccc2C1N1CCCCC1. The minimum absolute atomic E-state index is 0.307. The number of hydrogen-bond donors (Lipinski definition) is 0. The highest BCUT2D eigenvalue weighted by Gasteiger charge is 2.61. The zero-order chi connectivity index (χ0) is 16.4. The van der Waals surface area contributed by atoms with Crippen LogP contribution in [0.5, 0.6) is 0 Å². The summed E-state index contributed by atoms with van der Waals surface area (Å²) in [5, 5.41) is 0. The van der Waals surface area contributed by atoms with E-state index < -0.39 is 17.4 Å². The second-order valence-corrected chi connectivity index (χ2v) is 6.33. The van der Waals surface area contributed by atoms with Gasteiger partial charge >= 0.3 is 11.9 Å². The Labute approximate surface area is 136 Å². The molecule has 2 aliphatic rings. The molecule has 0 N–H and O–H groups in total. The van der Waals surface area contributed by atoms with Crippen molar-refractivity contribution >= 4 is 11.9 Å². The topological polar surface area (TPSA) is 55.8 Å². The summed E-state index contributed by atoms with van der Waals surface area (Å²) < 4.78 is 10.1. The van der Waals surface area contributed by atoms with Crippen molar-refractivity contribution < 1.29 is 19.1 Å². The standard InChI is InChI=1S/C18H23NO4/c1-22-16(20)18(17(21)23-2)12-13-8-4-5-9-14(13)15(18)19-10-6-3-7-11-19/h4-5,8-9,15H,3,6-7,10-12H2,1-2H3. The van der Waals surface area contributed by atoms with Crippen LogP contribution in [0.25, 0.3) is 0 Å². The molecular weight excluding hydrogens is 294 g/mol. The van der Waals surface area contributed by atoms with Gasteiger partial charge in [0.1, 0.15) is 0 Å². The number of methoxy groups -OCH3 is 2. The van der Waals surface area contributed by atoms with Gasteiger partial charge in [0, 0.05) is 6.42 Å². The molecule has 0 amide bonds. The Morgan fingerprint density at radius 2 is 1.65 bits per heavy atom. The lowest BCUT2D eigenvalue weighted by atomic mass is 9.79. The summed E-state index contributed by atoms with van der Waals surface area (Å²) in [7, 11) is 2.67. The molecule has 1 aromatic rings. The molecule has 1 heterocycles. The molecule has 1 unspecified atom stereocenters. The van der Waals surface area contributed by atoms with Gasteiger partial charge in [-0.25, -0.2) is 0 Å². The van der Waals surface area contributed by atoms with E-state index >= 15 is 0 Å². The summed E-state index contributed by atoms with van der Waals surface area (Å²) in [5.74, 6) is -1.01. The number of ether oxygens (including phenoxy) is 2. The van der Waals surface area contributed by atoms with Gasteiger partial charge in [-0.1, -0.05) is 30.7 Å². The van der Waals surface area contributed by atoms with Gasteiger partial charge in [0.15, 0.2) is 5.41 Å². The molecule has 124 valence electrons. The van der Waals surface area contributed by atoms with Gasteiger partial charge in [0.05, 0.1) is 20.3 Å². The molecule has 3 rings (SSSR count). The molecule has 0 bridgehead atoms. The lowest BCUT2D eigenvalue weighted by Crippen LogP contribution is -2.51. The maximum absolute atomic E-state index is 12.7. The number of benzene rings is 1. The van der Waals surface area contributed by atoms with Gasteiger partial charge in [0.2, 0.25) is 0 Å². The van der Waals surface area contributed by atoms with E-state index in [2.05, 4.69) is 4.90 Å². The molecule has 5 nitrogen and oxygen atoms in total. The molecular formula is C18H23NO4. The Kier molecular flexibility index (Phi) is 4.39. The van der Waals surface area contributed by atoms with E-state index in [-0.39, 0.29) is 6.04 Å². The summed E-state index contributed by atoms with van der Waals surface area (Å²) >= 11 is 0. The minimum atomic E-state index is -1.30. The first-order chi connectivity index (χ1) is 11.1. The van der Waals surface area contributed by atoms with Crippen molar-refractivity contribution in [1.82, 2.24) is 4.90 Å². The van der Waals surface area contributed by atoms with Crippen LogP contribution in [0.4, 0.5) is 0 Å². The third kappa shape index (κ3) is 2.43. The van der Waals surface area contributed by atoms with Gasteiger partial charge in [-0.2, -0.15) is 0 Å². The number of fused-ring (bicyclic) bond motifs is 1. The van der Waals surface area contributed by atoms with E-state index in [9.17, 15) is 9.59 Å². The first-order valence-corrected chi connectivity index (χ1v) is 8.14. The van der Waals surface area contributed by atoms with Crippen LogP contribution in [0, 0.1) is 5.41 Å². The maximum Gasteiger partial charge on any atom is 0.325 e. The zero-order valence-corrected chi connectivity index (χ0v) is 13.7. The molecule has 1 aromatic carbocycles. The largest absolute Gasteiger partial charge is 0.468 e. The van der Waals surface area contributed by atoms with Crippen molar-refractivity contribution in [1.29, 1.82) is 0 Å². The molecule has 1 atom stereocenters. The van der Waals surface area contributed by atoms with Crippen LogP contribution in [0.15, 0.2) is 24.3 Å². The lowest BCUT2D eigenvalue weighted by molar-refractivity contribution is -0.174. The van der Waals surface area contributed by atoms with Gasteiger partial charge < -0.3 is 9.47 Å². The van der Waals surface area contributed by atoms with Gasteiger partial charge in [-0.3, -0.25) is 14.5 Å². The van der Waals surface area contributed by atoms with Crippen molar-refractivity contribution in [2.45, 2.75) is 31.7 Å². The molecule has 0 aromatic heterocycles. The first kappa shape index (κ1) is 16.0. The molecule has 1 fully saturated rings. The fraction of sp³-hybridized carbons (Fsp3) is 0.556. The number of piperidine rings is 1. The summed E-state index contributed by atoms with van der Waals surface area (Å²) in [6, 6.07) is 7.60. The van der Waals surface area contributed by atoms with Crippen LogP contribution < -0.4 is 0 Å². The second-order valence-electron chi connectivity index (χ2n) is 6.33. The molecule has 1 aliphatic carbocycles. The Morgan fingerprint density at radius 1 is 1.04 bits per heavy atom. The van der Waals surface area contributed by atoms with Gasteiger partial charge in [0.25, 0.3) is 0 Å². The van der Waals surface area contributed by atoms with Crippen molar-refractivity contribution in [3.8, 4) is 0 Å². The number of carbonyl (C=O) groups excluding carboxylic acids is 2. The quantitative estimate of drug-likeness (QED) is 0.631. The lowest BCUT2D eigenvalue weighted by Gasteiger charge is -2.40. The number of hydrogen-bond acceptors (Lipinski definition) is 5. The molecule has 0 radical (unpaired) electrons. The summed E-state index contributed by atoms with van der Waals surface area (Å²) in [6.45, 7) is 1.77. The Bertz CT molecular complexity index is 591. The van der Waals surface area contributed by atoms with Crippen LogP contribution in [0.2, 0.25) is 0 Å². The van der Waals surface area contributed by atoms with E-state index in [4.69, 9.17) is 9.47 Å². The van der Waals surface area contributed by atoms with Gasteiger partial charge in [-0.05, 0) is 37.1 Å². The highest BCUT2D eigenvalue weighted by atomic mass is 16.5. The summed E-state index contributed by atoms with van der Waals surface area (Å²) in [5.41, 5.74) is 0.772.